The summed E-state index contributed by atoms with van der Waals surface area (Å²) in [5.74, 6) is -2.47. The van der Waals surface area contributed by atoms with Gasteiger partial charge in [-0.15, -0.1) is 0 Å². The van der Waals surface area contributed by atoms with Crippen LogP contribution in [0.15, 0.2) is 0 Å². The fraction of sp³-hybridized carbons (Fsp3) is 0.750. The van der Waals surface area contributed by atoms with E-state index in [-0.39, 0.29) is 24.3 Å². The average molecular weight is 272 g/mol. The first kappa shape index (κ1) is 15.4. The number of esters is 1. The Morgan fingerprint density at radius 2 is 1.89 bits per heavy atom. The minimum absolute atomic E-state index is 0.120. The molecule has 0 spiro atoms. The zero-order chi connectivity index (χ0) is 14.4. The summed E-state index contributed by atoms with van der Waals surface area (Å²) in [6.45, 7) is 0. The smallest absolute Gasteiger partial charge is 0.326 e. The molecule has 0 saturated heterocycles. The number of nitrogens with two attached hydrogens (primary N) is 1. The van der Waals surface area contributed by atoms with Gasteiger partial charge < -0.3 is 20.9 Å². The van der Waals surface area contributed by atoms with Crippen molar-refractivity contribution in [3.05, 3.63) is 0 Å². The van der Waals surface area contributed by atoms with E-state index in [0.717, 1.165) is 12.8 Å². The van der Waals surface area contributed by atoms with Crippen LogP contribution in [-0.4, -0.2) is 42.1 Å². The summed E-state index contributed by atoms with van der Waals surface area (Å²) in [5.41, 5.74) is 5.74. The Labute approximate surface area is 111 Å². The zero-order valence-corrected chi connectivity index (χ0v) is 10.9. The second-order valence-corrected chi connectivity index (χ2v) is 4.79. The van der Waals surface area contributed by atoms with E-state index in [9.17, 15) is 14.4 Å². The standard InChI is InChI=1S/C12H20N2O5/c1-19-10(15)6-9(12(17)18)14-11(16)7-2-4-8(13)5-3-7/h7-9H,2-6,13H2,1H3,(H,14,16)(H,17,18)/t7?,8?,9-/m0/s1. The highest BCUT2D eigenvalue weighted by Crippen LogP contribution is 2.23. The number of hydrogen-bond acceptors (Lipinski definition) is 5. The molecule has 108 valence electrons. The van der Waals surface area contributed by atoms with Crippen LogP contribution in [-0.2, 0) is 19.1 Å². The van der Waals surface area contributed by atoms with Crippen LogP contribution < -0.4 is 11.1 Å². The van der Waals surface area contributed by atoms with E-state index in [1.165, 1.54) is 7.11 Å². The lowest BCUT2D eigenvalue weighted by molar-refractivity contribution is -0.149. The summed E-state index contributed by atoms with van der Waals surface area (Å²) in [4.78, 5) is 34.0. The first-order valence-electron chi connectivity index (χ1n) is 6.29. The fourth-order valence-corrected chi connectivity index (χ4v) is 2.12. The van der Waals surface area contributed by atoms with Gasteiger partial charge in [-0.1, -0.05) is 0 Å². The Balaban J connectivity index is 2.51. The quantitative estimate of drug-likeness (QED) is 0.588. The third kappa shape index (κ3) is 4.86. The number of carbonyl (C=O) groups is 3. The number of hydrogen-bond donors (Lipinski definition) is 3. The molecule has 0 aromatic carbocycles. The van der Waals surface area contributed by atoms with Crippen molar-refractivity contribution in [3.63, 3.8) is 0 Å². The molecule has 19 heavy (non-hydrogen) atoms. The van der Waals surface area contributed by atoms with Crippen LogP contribution in [0.2, 0.25) is 0 Å². The number of carbonyl (C=O) groups excluding carboxylic acids is 2. The van der Waals surface area contributed by atoms with Crippen LogP contribution in [0.25, 0.3) is 0 Å². The molecule has 7 heteroatoms. The van der Waals surface area contributed by atoms with Gasteiger partial charge in [-0.25, -0.2) is 4.79 Å². The van der Waals surface area contributed by atoms with Crippen molar-refractivity contribution in [1.82, 2.24) is 5.32 Å². The molecule has 1 saturated carbocycles. The predicted molar refractivity (Wildman–Crippen MR) is 66.1 cm³/mol. The second-order valence-electron chi connectivity index (χ2n) is 4.79. The van der Waals surface area contributed by atoms with Crippen molar-refractivity contribution in [2.24, 2.45) is 11.7 Å². The van der Waals surface area contributed by atoms with Crippen molar-refractivity contribution in [3.8, 4) is 0 Å². The van der Waals surface area contributed by atoms with Crippen molar-refractivity contribution in [1.29, 1.82) is 0 Å². The van der Waals surface area contributed by atoms with Crippen LogP contribution in [0.1, 0.15) is 32.1 Å². The summed E-state index contributed by atoms with van der Waals surface area (Å²) >= 11 is 0. The summed E-state index contributed by atoms with van der Waals surface area (Å²) in [7, 11) is 1.17. The van der Waals surface area contributed by atoms with Crippen molar-refractivity contribution >= 4 is 17.8 Å². The van der Waals surface area contributed by atoms with Gasteiger partial charge in [0.25, 0.3) is 0 Å². The molecule has 0 heterocycles. The zero-order valence-electron chi connectivity index (χ0n) is 10.9. The van der Waals surface area contributed by atoms with Gasteiger partial charge in [0.05, 0.1) is 13.5 Å². The van der Waals surface area contributed by atoms with Gasteiger partial charge >= 0.3 is 11.9 Å². The minimum Gasteiger partial charge on any atom is -0.480 e. The number of carboxylic acids is 1. The van der Waals surface area contributed by atoms with Crippen molar-refractivity contribution in [2.75, 3.05) is 7.11 Å². The first-order chi connectivity index (χ1) is 8.93. The van der Waals surface area contributed by atoms with Crippen LogP contribution in [0.3, 0.4) is 0 Å². The highest BCUT2D eigenvalue weighted by molar-refractivity contribution is 5.88. The lowest BCUT2D eigenvalue weighted by Gasteiger charge is -2.26. The average Bonchev–Trinajstić information content (AvgIpc) is 2.38. The molecule has 1 aliphatic rings. The topological polar surface area (TPSA) is 119 Å². The number of methoxy groups -OCH3 is 1. The Hall–Kier alpha value is -1.63. The third-order valence-corrected chi connectivity index (χ3v) is 3.36. The minimum atomic E-state index is -1.24. The maximum atomic E-state index is 11.9. The molecule has 0 aliphatic heterocycles. The summed E-state index contributed by atoms with van der Waals surface area (Å²) in [6, 6.07) is -1.12. The predicted octanol–water partition coefficient (Wildman–Crippen LogP) is -0.364. The molecule has 1 atom stereocenters. The lowest BCUT2D eigenvalue weighted by Crippen LogP contribution is -2.46. The maximum absolute atomic E-state index is 11.9. The van der Waals surface area contributed by atoms with Gasteiger partial charge in [-0.3, -0.25) is 9.59 Å². The lowest BCUT2D eigenvalue weighted by atomic mass is 9.86. The van der Waals surface area contributed by atoms with E-state index in [0.29, 0.717) is 12.8 Å². The molecule has 0 unspecified atom stereocenters. The summed E-state index contributed by atoms with van der Waals surface area (Å²) < 4.78 is 4.40. The van der Waals surface area contributed by atoms with E-state index in [1.807, 2.05) is 0 Å². The summed E-state index contributed by atoms with van der Waals surface area (Å²) in [5, 5.41) is 11.4. The number of aliphatic carboxylic acids is 1. The Kier molecular flexibility index (Phi) is 5.75. The van der Waals surface area contributed by atoms with E-state index < -0.39 is 18.0 Å². The van der Waals surface area contributed by atoms with Gasteiger partial charge in [0.15, 0.2) is 0 Å². The molecule has 1 aliphatic carbocycles. The van der Waals surface area contributed by atoms with Crippen molar-refractivity contribution < 1.29 is 24.2 Å². The Bertz CT molecular complexity index is 350. The molecular weight excluding hydrogens is 252 g/mol. The number of amides is 1. The van der Waals surface area contributed by atoms with Crippen LogP contribution in [0.4, 0.5) is 0 Å². The second kappa shape index (κ2) is 7.08. The molecule has 4 N–H and O–H groups in total. The number of ether oxygens (including phenoxy) is 1. The van der Waals surface area contributed by atoms with Gasteiger partial charge in [0.2, 0.25) is 5.91 Å². The van der Waals surface area contributed by atoms with Gasteiger partial charge in [-0.05, 0) is 25.7 Å². The van der Waals surface area contributed by atoms with Crippen LogP contribution in [0.5, 0.6) is 0 Å². The van der Waals surface area contributed by atoms with E-state index in [1.54, 1.807) is 0 Å². The van der Waals surface area contributed by atoms with E-state index in [2.05, 4.69) is 10.1 Å². The molecule has 1 amide bonds. The van der Waals surface area contributed by atoms with E-state index in [4.69, 9.17) is 10.8 Å². The number of nitrogens with one attached hydrogen (secondary N) is 1. The van der Waals surface area contributed by atoms with Crippen LogP contribution >= 0.6 is 0 Å². The monoisotopic (exact) mass is 272 g/mol. The van der Waals surface area contributed by atoms with Gasteiger partial charge in [-0.2, -0.15) is 0 Å². The molecule has 1 fully saturated rings. The summed E-state index contributed by atoms with van der Waals surface area (Å²) in [6.07, 6.45) is 2.44. The fourth-order valence-electron chi connectivity index (χ4n) is 2.12. The van der Waals surface area contributed by atoms with E-state index >= 15 is 0 Å². The molecule has 0 aromatic rings. The SMILES string of the molecule is COC(=O)C[C@H](NC(=O)C1CCC(N)CC1)C(=O)O. The molecule has 0 aromatic heterocycles. The largest absolute Gasteiger partial charge is 0.480 e. The molecule has 1 rings (SSSR count). The molecule has 0 bridgehead atoms. The Morgan fingerprint density at radius 3 is 2.37 bits per heavy atom. The van der Waals surface area contributed by atoms with Gasteiger partial charge in [0, 0.05) is 12.0 Å². The normalized spacial score (nSPS) is 24.3. The van der Waals surface area contributed by atoms with Crippen molar-refractivity contribution in [2.45, 2.75) is 44.2 Å². The third-order valence-electron chi connectivity index (χ3n) is 3.36. The van der Waals surface area contributed by atoms with Crippen LogP contribution in [0, 0.1) is 5.92 Å². The highest BCUT2D eigenvalue weighted by atomic mass is 16.5. The maximum Gasteiger partial charge on any atom is 0.326 e. The molecule has 7 nitrogen and oxygen atoms in total. The highest BCUT2D eigenvalue weighted by Gasteiger charge is 2.29. The Morgan fingerprint density at radius 1 is 1.32 bits per heavy atom. The first-order valence-corrected chi connectivity index (χ1v) is 6.29. The number of rotatable bonds is 5. The van der Waals surface area contributed by atoms with Gasteiger partial charge in [0.1, 0.15) is 6.04 Å². The molecular formula is C12H20N2O5. The number of carboxylic acid groups (broad SMARTS) is 1. The molecule has 0 radical (unpaired) electrons.